The van der Waals surface area contributed by atoms with Crippen LogP contribution >= 0.6 is 15.9 Å². The van der Waals surface area contributed by atoms with Gasteiger partial charge < -0.3 is 5.11 Å². The minimum atomic E-state index is -0.139. The summed E-state index contributed by atoms with van der Waals surface area (Å²) in [5.41, 5.74) is -0.0324. The smallest absolute Gasteiger partial charge is 0.121 e. The third kappa shape index (κ3) is 2.29. The maximum atomic E-state index is 8.67. The molecular weight excluding hydrogens is 184 g/mol. The lowest BCUT2D eigenvalue weighted by Crippen LogP contribution is -1.91. The summed E-state index contributed by atoms with van der Waals surface area (Å²) in [4.78, 5) is 0. The van der Waals surface area contributed by atoms with Crippen molar-refractivity contribution in [2.45, 2.75) is 6.92 Å². The number of rotatable bonds is 1. The van der Waals surface area contributed by atoms with E-state index >= 15 is 0 Å². The van der Waals surface area contributed by atoms with Crippen LogP contribution in [0.5, 0.6) is 0 Å². The van der Waals surface area contributed by atoms with Crippen LogP contribution in [0.4, 0.5) is 0 Å². The molecule has 0 heterocycles. The predicted octanol–water partition coefficient (Wildman–Crippen LogP) is 1.71. The van der Waals surface area contributed by atoms with Gasteiger partial charge in [-0.05, 0) is 22.9 Å². The van der Waals surface area contributed by atoms with Gasteiger partial charge in [0.15, 0.2) is 0 Å². The van der Waals surface area contributed by atoms with Crippen molar-refractivity contribution in [1.29, 1.82) is 10.7 Å². The van der Waals surface area contributed by atoms with Crippen LogP contribution in [-0.4, -0.2) is 9.73 Å². The molecule has 0 aromatic rings. The van der Waals surface area contributed by atoms with E-state index in [2.05, 4.69) is 15.9 Å². The van der Waals surface area contributed by atoms with Crippen molar-refractivity contribution in [2.75, 3.05) is 0 Å². The summed E-state index contributed by atoms with van der Waals surface area (Å²) in [7, 11) is 0. The standard InChI is InChI=1S/C5H5BrN2O/c1-3(9)4(2-7)5(6)8/h8-9H,1H3/b4-3-,8-5?. The third-order valence-corrected chi connectivity index (χ3v) is 1.09. The lowest BCUT2D eigenvalue weighted by Gasteiger charge is -1.91. The van der Waals surface area contributed by atoms with E-state index in [1.807, 2.05) is 0 Å². The average Bonchev–Trinajstić information content (AvgIpc) is 1.64. The van der Waals surface area contributed by atoms with E-state index in [-0.39, 0.29) is 16.0 Å². The number of nitrogens with zero attached hydrogens (tertiary/aromatic N) is 1. The topological polar surface area (TPSA) is 67.9 Å². The summed E-state index contributed by atoms with van der Waals surface area (Å²) in [6.45, 7) is 1.36. The van der Waals surface area contributed by atoms with Crippen molar-refractivity contribution in [3.05, 3.63) is 11.3 Å². The fourth-order valence-electron chi connectivity index (χ4n) is 0.289. The van der Waals surface area contributed by atoms with Gasteiger partial charge in [0.1, 0.15) is 22.0 Å². The summed E-state index contributed by atoms with van der Waals surface area (Å²) in [6, 6.07) is 1.66. The van der Waals surface area contributed by atoms with Crippen molar-refractivity contribution in [3.8, 4) is 6.07 Å². The van der Waals surface area contributed by atoms with Gasteiger partial charge in [-0.15, -0.1) is 0 Å². The molecule has 0 aromatic carbocycles. The molecule has 0 unspecified atom stereocenters. The highest BCUT2D eigenvalue weighted by atomic mass is 79.9. The van der Waals surface area contributed by atoms with E-state index in [1.165, 1.54) is 6.92 Å². The van der Waals surface area contributed by atoms with Gasteiger partial charge in [0, 0.05) is 0 Å². The van der Waals surface area contributed by atoms with Gasteiger partial charge >= 0.3 is 0 Å². The summed E-state index contributed by atoms with van der Waals surface area (Å²) >= 11 is 2.74. The van der Waals surface area contributed by atoms with E-state index in [0.29, 0.717) is 0 Å². The Bertz CT molecular complexity index is 197. The number of nitrogens with one attached hydrogen (secondary N) is 1. The van der Waals surface area contributed by atoms with E-state index < -0.39 is 0 Å². The normalized spacial score (nSPS) is 11.7. The molecule has 0 aromatic heterocycles. The molecule has 0 radical (unpaired) electrons. The molecule has 4 heteroatoms. The van der Waals surface area contributed by atoms with Gasteiger partial charge in [-0.1, -0.05) is 0 Å². The fraction of sp³-hybridized carbons (Fsp3) is 0.200. The predicted molar refractivity (Wildman–Crippen MR) is 37.6 cm³/mol. The Morgan fingerprint density at radius 2 is 2.22 bits per heavy atom. The SMILES string of the molecule is C/C(O)=C(\C#N)C(=N)Br. The average molecular weight is 189 g/mol. The van der Waals surface area contributed by atoms with Crippen LogP contribution in [-0.2, 0) is 0 Å². The summed E-state index contributed by atoms with van der Waals surface area (Å²) in [5, 5.41) is 23.8. The molecule has 0 aliphatic rings. The number of aliphatic hydroxyl groups is 1. The summed E-state index contributed by atoms with van der Waals surface area (Å²) < 4.78 is -0.0926. The molecule has 2 N–H and O–H groups in total. The van der Waals surface area contributed by atoms with Crippen LogP contribution in [0.25, 0.3) is 0 Å². The van der Waals surface area contributed by atoms with Crippen molar-refractivity contribution < 1.29 is 5.11 Å². The van der Waals surface area contributed by atoms with Crippen LogP contribution in [0.15, 0.2) is 11.3 Å². The molecule has 0 bridgehead atoms. The van der Waals surface area contributed by atoms with Gasteiger partial charge in [-0.3, -0.25) is 5.41 Å². The van der Waals surface area contributed by atoms with Crippen molar-refractivity contribution in [2.24, 2.45) is 0 Å². The van der Waals surface area contributed by atoms with Crippen LogP contribution in [0.1, 0.15) is 6.92 Å². The zero-order valence-corrected chi connectivity index (χ0v) is 6.36. The highest BCUT2D eigenvalue weighted by Crippen LogP contribution is 2.05. The highest BCUT2D eigenvalue weighted by molar-refractivity contribution is 9.18. The number of aliphatic hydroxyl groups excluding tert-OH is 1. The quantitative estimate of drug-likeness (QED) is 0.374. The lowest BCUT2D eigenvalue weighted by molar-refractivity contribution is 0.412. The van der Waals surface area contributed by atoms with E-state index in [9.17, 15) is 0 Å². The largest absolute Gasteiger partial charge is 0.511 e. The Morgan fingerprint density at radius 1 is 1.78 bits per heavy atom. The number of nitriles is 1. The Kier molecular flexibility index (Phi) is 2.96. The second kappa shape index (κ2) is 3.25. The van der Waals surface area contributed by atoms with Crippen molar-refractivity contribution >= 4 is 20.6 Å². The molecule has 0 spiro atoms. The molecule has 0 aliphatic carbocycles. The number of hydrogen-bond donors (Lipinski definition) is 2. The number of allylic oxidation sites excluding steroid dienone is 2. The second-order valence-corrected chi connectivity index (χ2v) is 2.18. The van der Waals surface area contributed by atoms with Crippen LogP contribution in [0.3, 0.4) is 0 Å². The van der Waals surface area contributed by atoms with Crippen molar-refractivity contribution in [3.63, 3.8) is 0 Å². The first-order chi connectivity index (χ1) is 4.09. The number of hydrogen-bond acceptors (Lipinski definition) is 3. The highest BCUT2D eigenvalue weighted by Gasteiger charge is 2.02. The first-order valence-electron chi connectivity index (χ1n) is 2.14. The molecule has 0 rings (SSSR count). The van der Waals surface area contributed by atoms with E-state index in [0.717, 1.165) is 0 Å². The van der Waals surface area contributed by atoms with Gasteiger partial charge in [-0.2, -0.15) is 5.26 Å². The first-order valence-corrected chi connectivity index (χ1v) is 2.93. The monoisotopic (exact) mass is 188 g/mol. The van der Waals surface area contributed by atoms with Crippen LogP contribution in [0.2, 0.25) is 0 Å². The zero-order valence-electron chi connectivity index (χ0n) is 4.77. The molecule has 48 valence electrons. The summed E-state index contributed by atoms with van der Waals surface area (Å²) in [5.74, 6) is -0.139. The Balaban J connectivity index is 4.62. The lowest BCUT2D eigenvalue weighted by atomic mass is 10.3. The maximum Gasteiger partial charge on any atom is 0.121 e. The van der Waals surface area contributed by atoms with E-state index in [1.54, 1.807) is 6.07 Å². The van der Waals surface area contributed by atoms with Gasteiger partial charge in [0.05, 0.1) is 0 Å². The Hall–Kier alpha value is -0.820. The first kappa shape index (κ1) is 8.18. The molecule has 0 saturated carbocycles. The van der Waals surface area contributed by atoms with E-state index in [4.69, 9.17) is 15.8 Å². The molecule has 0 saturated heterocycles. The van der Waals surface area contributed by atoms with Crippen molar-refractivity contribution in [1.82, 2.24) is 0 Å². The molecule has 3 nitrogen and oxygen atoms in total. The fourth-order valence-corrected chi connectivity index (χ4v) is 0.664. The molecular formula is C5H5BrN2O. The Morgan fingerprint density at radius 3 is 2.22 bits per heavy atom. The molecule has 0 atom stereocenters. The third-order valence-electron chi connectivity index (χ3n) is 0.693. The Labute approximate surface area is 61.2 Å². The summed E-state index contributed by atoms with van der Waals surface area (Å²) in [6.07, 6.45) is 0. The maximum absolute atomic E-state index is 8.67. The minimum Gasteiger partial charge on any atom is -0.511 e. The molecule has 0 amide bonds. The number of halogens is 1. The van der Waals surface area contributed by atoms with Crippen LogP contribution in [0, 0.1) is 16.7 Å². The molecule has 9 heavy (non-hydrogen) atoms. The van der Waals surface area contributed by atoms with Gasteiger partial charge in [0.25, 0.3) is 0 Å². The zero-order chi connectivity index (χ0) is 7.44. The molecule has 0 fully saturated rings. The minimum absolute atomic E-state index is 0.0324. The van der Waals surface area contributed by atoms with Gasteiger partial charge in [-0.25, -0.2) is 0 Å². The van der Waals surface area contributed by atoms with Crippen LogP contribution < -0.4 is 0 Å². The second-order valence-electron chi connectivity index (χ2n) is 1.39. The molecule has 0 aliphatic heterocycles. The van der Waals surface area contributed by atoms with Gasteiger partial charge in [0.2, 0.25) is 0 Å².